The summed E-state index contributed by atoms with van der Waals surface area (Å²) in [5.74, 6) is -1.42. The minimum absolute atomic E-state index is 0.0383. The molecule has 0 unspecified atom stereocenters. The first-order valence-electron chi connectivity index (χ1n) is 8.38. The number of carbonyl (C=O) groups is 2. The van der Waals surface area contributed by atoms with Crippen molar-refractivity contribution in [3.63, 3.8) is 0 Å². The summed E-state index contributed by atoms with van der Waals surface area (Å²) in [7, 11) is 0. The van der Waals surface area contributed by atoms with Crippen LogP contribution < -0.4 is 0 Å². The van der Waals surface area contributed by atoms with E-state index < -0.39 is 11.9 Å². The number of rotatable bonds is 7. The van der Waals surface area contributed by atoms with Gasteiger partial charge in [0.1, 0.15) is 11.3 Å². The van der Waals surface area contributed by atoms with E-state index in [9.17, 15) is 14.7 Å². The van der Waals surface area contributed by atoms with E-state index in [0.29, 0.717) is 25.0 Å². The second kappa shape index (κ2) is 11.7. The monoisotopic (exact) mass is 360 g/mol. The number of aliphatic hydroxyl groups is 1. The van der Waals surface area contributed by atoms with Gasteiger partial charge in [0.05, 0.1) is 12.2 Å². The molecule has 6 nitrogen and oxygen atoms in total. The van der Waals surface area contributed by atoms with Crippen molar-refractivity contribution in [2.24, 2.45) is 0 Å². The number of carboxylic acid groups (broad SMARTS) is 1. The molecule has 0 atom stereocenters. The fourth-order valence-electron chi connectivity index (χ4n) is 2.14. The second-order valence-corrected chi connectivity index (χ2v) is 5.44. The highest BCUT2D eigenvalue weighted by molar-refractivity contribution is 5.92. The van der Waals surface area contributed by atoms with Crippen LogP contribution in [0.15, 0.2) is 48.5 Å². The van der Waals surface area contributed by atoms with Gasteiger partial charge in [0.15, 0.2) is 0 Å². The minimum atomic E-state index is -0.909. The Bertz CT molecular complexity index is 711. The number of para-hydroxylation sites is 1. The first kappa shape index (κ1) is 21.2. The zero-order chi connectivity index (χ0) is 19.4. The summed E-state index contributed by atoms with van der Waals surface area (Å²) >= 11 is 0. The number of ether oxygens (including phenoxy) is 1. The Morgan fingerprint density at radius 1 is 1.00 bits per heavy atom. The van der Waals surface area contributed by atoms with Gasteiger partial charge in [-0.15, -0.1) is 0 Å². The van der Waals surface area contributed by atoms with Crippen molar-refractivity contribution >= 4 is 11.9 Å². The maximum absolute atomic E-state index is 11.2. The van der Waals surface area contributed by atoms with Crippen LogP contribution in [-0.4, -0.2) is 40.5 Å². The van der Waals surface area contributed by atoms with Gasteiger partial charge < -0.3 is 20.1 Å². The molecule has 3 N–H and O–H groups in total. The molecule has 2 aromatic rings. The maximum atomic E-state index is 11.2. The van der Waals surface area contributed by atoms with Gasteiger partial charge >= 0.3 is 11.9 Å². The molecule has 0 aromatic heterocycles. The topological polar surface area (TPSA) is 104 Å². The zero-order valence-corrected chi connectivity index (χ0v) is 14.7. The highest BCUT2D eigenvalue weighted by Gasteiger charge is 2.10. The van der Waals surface area contributed by atoms with Crippen LogP contribution in [0.25, 0.3) is 0 Å². The molecule has 0 aliphatic rings. The van der Waals surface area contributed by atoms with Crippen LogP contribution in [0.4, 0.5) is 0 Å². The molecule has 6 heteroatoms. The van der Waals surface area contributed by atoms with E-state index in [-0.39, 0.29) is 17.9 Å². The van der Waals surface area contributed by atoms with Gasteiger partial charge in [0.25, 0.3) is 0 Å². The van der Waals surface area contributed by atoms with E-state index >= 15 is 0 Å². The lowest BCUT2D eigenvalue weighted by Crippen LogP contribution is -2.05. The summed E-state index contributed by atoms with van der Waals surface area (Å²) in [6.07, 6.45) is 1.99. The van der Waals surface area contributed by atoms with Crippen LogP contribution in [-0.2, 0) is 11.2 Å². The van der Waals surface area contributed by atoms with Crippen molar-refractivity contribution in [3.8, 4) is 5.75 Å². The molecule has 0 fully saturated rings. The smallest absolute Gasteiger partial charge is 0.341 e. The van der Waals surface area contributed by atoms with Gasteiger partial charge in [-0.25, -0.2) is 9.59 Å². The molecule has 0 bridgehead atoms. The summed E-state index contributed by atoms with van der Waals surface area (Å²) in [5.41, 5.74) is 1.33. The van der Waals surface area contributed by atoms with E-state index in [0.717, 1.165) is 12.0 Å². The Hall–Kier alpha value is -2.86. The summed E-state index contributed by atoms with van der Waals surface area (Å²) in [4.78, 5) is 22.0. The van der Waals surface area contributed by atoms with Crippen LogP contribution in [0.2, 0.25) is 0 Å². The molecule has 0 heterocycles. The van der Waals surface area contributed by atoms with Crippen molar-refractivity contribution in [2.45, 2.75) is 26.2 Å². The van der Waals surface area contributed by atoms with Gasteiger partial charge in [-0.3, -0.25) is 0 Å². The van der Waals surface area contributed by atoms with Crippen LogP contribution in [0.5, 0.6) is 5.75 Å². The molecule has 0 spiro atoms. The van der Waals surface area contributed by atoms with Gasteiger partial charge in [0.2, 0.25) is 0 Å². The van der Waals surface area contributed by atoms with E-state index in [2.05, 4.69) is 0 Å². The van der Waals surface area contributed by atoms with Crippen molar-refractivity contribution in [1.82, 2.24) is 0 Å². The summed E-state index contributed by atoms with van der Waals surface area (Å²) in [5, 5.41) is 26.7. The number of benzene rings is 2. The summed E-state index contributed by atoms with van der Waals surface area (Å²) in [6.45, 7) is 2.39. The van der Waals surface area contributed by atoms with Crippen LogP contribution in [0, 0.1) is 0 Å². The number of hydrogen-bond acceptors (Lipinski definition) is 5. The number of esters is 1. The molecule has 0 saturated heterocycles. The predicted octanol–water partition coefficient (Wildman–Crippen LogP) is 3.27. The molecule has 0 amide bonds. The van der Waals surface area contributed by atoms with Crippen LogP contribution in [0.1, 0.15) is 46.0 Å². The molecule has 26 heavy (non-hydrogen) atoms. The third-order valence-electron chi connectivity index (χ3n) is 3.41. The summed E-state index contributed by atoms with van der Waals surface area (Å²) in [6, 6.07) is 13.2. The van der Waals surface area contributed by atoms with Gasteiger partial charge in [-0.1, -0.05) is 37.3 Å². The van der Waals surface area contributed by atoms with Crippen LogP contribution >= 0.6 is 0 Å². The molecular formula is C20H24O6. The van der Waals surface area contributed by atoms with Crippen molar-refractivity contribution in [3.05, 3.63) is 65.2 Å². The van der Waals surface area contributed by atoms with Crippen LogP contribution in [0.3, 0.4) is 0 Å². The normalized spacial score (nSPS) is 9.77. The average Bonchev–Trinajstić information content (AvgIpc) is 2.65. The Balaban J connectivity index is 0.000000260. The lowest BCUT2D eigenvalue weighted by atomic mass is 10.0. The molecule has 2 rings (SSSR count). The molecule has 0 aliphatic heterocycles. The van der Waals surface area contributed by atoms with Crippen molar-refractivity contribution in [1.29, 1.82) is 0 Å². The Morgan fingerprint density at radius 2 is 1.62 bits per heavy atom. The third kappa shape index (κ3) is 6.94. The predicted molar refractivity (Wildman–Crippen MR) is 97.5 cm³/mol. The molecule has 0 aliphatic carbocycles. The number of carboxylic acids is 1. The lowest BCUT2D eigenvalue weighted by molar-refractivity contribution is 0.0501. The summed E-state index contributed by atoms with van der Waals surface area (Å²) < 4.78 is 4.86. The quantitative estimate of drug-likeness (QED) is 0.655. The number of carbonyl (C=O) groups excluding carboxylic acids is 1. The number of aromatic hydroxyl groups is 1. The Labute approximate surface area is 152 Å². The number of aliphatic hydroxyl groups excluding tert-OH is 1. The van der Waals surface area contributed by atoms with Crippen molar-refractivity contribution < 1.29 is 29.6 Å². The van der Waals surface area contributed by atoms with E-state index in [1.165, 1.54) is 12.1 Å². The highest BCUT2D eigenvalue weighted by atomic mass is 16.5. The zero-order valence-electron chi connectivity index (χ0n) is 14.7. The first-order chi connectivity index (χ1) is 12.5. The van der Waals surface area contributed by atoms with Gasteiger partial charge in [0, 0.05) is 6.61 Å². The SMILES string of the molecule is CCCOC(=O)c1ccccc1O.O=C(O)c1ccccc1CCCO. The molecular weight excluding hydrogens is 336 g/mol. The molecule has 0 radical (unpaired) electrons. The fraction of sp³-hybridized carbons (Fsp3) is 0.300. The van der Waals surface area contributed by atoms with Gasteiger partial charge in [-0.2, -0.15) is 0 Å². The second-order valence-electron chi connectivity index (χ2n) is 5.44. The Kier molecular flexibility index (Phi) is 9.49. The fourth-order valence-corrected chi connectivity index (χ4v) is 2.14. The number of aromatic carboxylic acids is 1. The number of hydrogen-bond donors (Lipinski definition) is 3. The molecule has 2 aromatic carbocycles. The van der Waals surface area contributed by atoms with Gasteiger partial charge in [-0.05, 0) is 43.0 Å². The number of aryl methyl sites for hydroxylation is 1. The third-order valence-corrected chi connectivity index (χ3v) is 3.41. The first-order valence-corrected chi connectivity index (χ1v) is 8.38. The standard InChI is InChI=1S/2C10H12O3/c1-2-7-13-10(12)8-5-3-4-6-9(8)11;11-7-3-5-8-4-1-2-6-9(8)10(12)13/h3-6,11H,2,7H2,1H3;1-2,4,6,11H,3,5,7H2,(H,12,13). The van der Waals surface area contributed by atoms with E-state index in [1.54, 1.807) is 36.4 Å². The lowest BCUT2D eigenvalue weighted by Gasteiger charge is -2.03. The van der Waals surface area contributed by atoms with E-state index in [1.807, 2.05) is 6.92 Å². The van der Waals surface area contributed by atoms with E-state index in [4.69, 9.17) is 14.9 Å². The molecule has 0 saturated carbocycles. The average molecular weight is 360 g/mol. The minimum Gasteiger partial charge on any atom is -0.507 e. The number of phenolic OH excluding ortho intramolecular Hbond substituents is 1. The number of phenols is 1. The largest absolute Gasteiger partial charge is 0.507 e. The highest BCUT2D eigenvalue weighted by Crippen LogP contribution is 2.16. The Morgan fingerprint density at radius 3 is 2.19 bits per heavy atom. The van der Waals surface area contributed by atoms with Crippen molar-refractivity contribution in [2.75, 3.05) is 13.2 Å². The molecule has 140 valence electrons. The maximum Gasteiger partial charge on any atom is 0.341 e.